The van der Waals surface area contributed by atoms with Gasteiger partial charge in [0.05, 0.1) is 0 Å². The zero-order valence-electron chi connectivity index (χ0n) is 24.3. The average molecular weight is 619 g/mol. The van der Waals surface area contributed by atoms with Crippen LogP contribution in [0.5, 0.6) is 0 Å². The molecule has 0 amide bonds. The average Bonchev–Trinajstić information content (AvgIpc) is 3.44. The first-order chi connectivity index (χ1) is 20.5. The van der Waals surface area contributed by atoms with Gasteiger partial charge in [-0.25, -0.2) is 0 Å². The Labute approximate surface area is 261 Å². The summed E-state index contributed by atoms with van der Waals surface area (Å²) in [5, 5.41) is 7.95. The van der Waals surface area contributed by atoms with E-state index in [4.69, 9.17) is 23.6 Å². The van der Waals surface area contributed by atoms with E-state index in [2.05, 4.69) is 123 Å². The number of benzene rings is 5. The van der Waals surface area contributed by atoms with Gasteiger partial charge in [-0.2, -0.15) is 0 Å². The van der Waals surface area contributed by atoms with Gasteiger partial charge < -0.3 is 0 Å². The quantitative estimate of drug-likeness (QED) is 0.159. The van der Waals surface area contributed by atoms with E-state index in [1.807, 2.05) is 0 Å². The maximum Gasteiger partial charge on any atom is 0.0392 e. The van der Waals surface area contributed by atoms with Crippen LogP contribution in [0.3, 0.4) is 0 Å². The van der Waals surface area contributed by atoms with E-state index in [0.717, 1.165) is 12.8 Å². The highest BCUT2D eigenvalue weighted by molar-refractivity contribution is 8.26. The van der Waals surface area contributed by atoms with Crippen molar-refractivity contribution >= 4 is 67.5 Å². The molecule has 0 N–H and O–H groups in total. The molecule has 0 nitrogen and oxygen atoms in total. The molecule has 0 saturated heterocycles. The Balaban J connectivity index is 1.51. The Morgan fingerprint density at radius 3 is 1.21 bits per heavy atom. The van der Waals surface area contributed by atoms with Crippen molar-refractivity contribution < 1.29 is 0 Å². The van der Waals surface area contributed by atoms with Gasteiger partial charge in [0.25, 0.3) is 0 Å². The minimum Gasteiger partial charge on any atom is -0.0826 e. The molecule has 2 aliphatic rings. The molecule has 2 aliphatic heterocycles. The Hall–Kier alpha value is -2.60. The highest BCUT2D eigenvalue weighted by Crippen LogP contribution is 2.58. The Kier molecular flexibility index (Phi) is 7.48. The van der Waals surface area contributed by atoms with Crippen LogP contribution in [0.2, 0.25) is 0 Å². The molecule has 2 atom stereocenters. The highest BCUT2D eigenvalue weighted by Gasteiger charge is 2.42. The molecule has 0 aliphatic carbocycles. The van der Waals surface area contributed by atoms with Gasteiger partial charge in [0, 0.05) is 33.3 Å². The zero-order chi connectivity index (χ0) is 28.9. The zero-order valence-corrected chi connectivity index (χ0v) is 27.8. The van der Waals surface area contributed by atoms with Crippen molar-refractivity contribution in [3.05, 3.63) is 120 Å². The summed E-state index contributed by atoms with van der Waals surface area (Å²) in [7, 11) is 0. The maximum atomic E-state index is 6.90. The molecule has 0 aromatic heterocycles. The Morgan fingerprint density at radius 1 is 0.452 bits per heavy atom. The number of rotatable bonds is 8. The van der Waals surface area contributed by atoms with Crippen LogP contribution in [0.1, 0.15) is 50.7 Å². The molecule has 5 aromatic rings. The molecule has 0 bridgehead atoms. The van der Waals surface area contributed by atoms with E-state index < -0.39 is 12.1 Å². The van der Waals surface area contributed by atoms with Crippen molar-refractivity contribution in [1.29, 1.82) is 0 Å². The van der Waals surface area contributed by atoms with Crippen LogP contribution in [0, 0.1) is 0 Å². The smallest absolute Gasteiger partial charge is 0.0392 e. The van der Waals surface area contributed by atoms with E-state index in [9.17, 15) is 0 Å². The summed E-state index contributed by atoms with van der Waals surface area (Å²) in [4.78, 5) is 0. The molecule has 0 fully saturated rings. The lowest BCUT2D eigenvalue weighted by Gasteiger charge is -2.22. The van der Waals surface area contributed by atoms with Crippen molar-refractivity contribution in [3.63, 3.8) is 0 Å². The van der Waals surface area contributed by atoms with Crippen LogP contribution in [-0.4, -0.2) is 0 Å². The van der Waals surface area contributed by atoms with Gasteiger partial charge in [0.1, 0.15) is 0 Å². The fourth-order valence-electron chi connectivity index (χ4n) is 6.82. The fraction of sp³-hybridized carbons (Fsp3) is 0.211. The van der Waals surface area contributed by atoms with Crippen molar-refractivity contribution in [2.45, 2.75) is 52.4 Å². The molecule has 4 heteroatoms. The molecule has 0 unspecified atom stereocenters. The van der Waals surface area contributed by atoms with Crippen molar-refractivity contribution in [1.82, 2.24) is 0 Å². The van der Waals surface area contributed by atoms with Crippen molar-refractivity contribution in [2.24, 2.45) is 0 Å². The van der Waals surface area contributed by atoms with E-state index >= 15 is 0 Å². The van der Waals surface area contributed by atoms with Crippen LogP contribution in [-0.2, 0) is 36.5 Å². The van der Waals surface area contributed by atoms with E-state index in [1.165, 1.54) is 90.9 Å². The van der Waals surface area contributed by atoms with Crippen LogP contribution in [0.25, 0.3) is 22.3 Å². The van der Waals surface area contributed by atoms with E-state index in [0.29, 0.717) is 0 Å². The second kappa shape index (κ2) is 11.2. The van der Waals surface area contributed by atoms with Crippen LogP contribution < -0.4 is 31.8 Å². The van der Waals surface area contributed by atoms with E-state index in [-0.39, 0.29) is 0 Å². The van der Waals surface area contributed by atoms with Gasteiger partial charge in [-0.15, -0.1) is 0 Å². The number of fused-ring (bicyclic) bond motifs is 6. The Morgan fingerprint density at radius 2 is 0.833 bits per heavy atom. The van der Waals surface area contributed by atoms with Crippen LogP contribution in [0.4, 0.5) is 0 Å². The van der Waals surface area contributed by atoms with Gasteiger partial charge >= 0.3 is 0 Å². The predicted molar refractivity (Wildman–Crippen MR) is 194 cm³/mol. The largest absolute Gasteiger partial charge is 0.0826 e. The van der Waals surface area contributed by atoms with Crippen LogP contribution >= 0.6 is 12.1 Å². The maximum absolute atomic E-state index is 6.90. The first-order valence-electron chi connectivity index (χ1n) is 15.3. The highest BCUT2D eigenvalue weighted by atomic mass is 32.4. The van der Waals surface area contributed by atoms with Crippen molar-refractivity contribution in [3.8, 4) is 22.3 Å². The number of hydrogen-bond acceptors (Lipinski definition) is 2. The number of aryl methyl sites for hydroxylation is 2. The molecular weight excluding hydrogens is 583 g/mol. The SMILES string of the molecule is CCCCc1ccc2c(c1)[P@](=S)(c1ccccc1)c1cc3c(cc1-2)[P@@](=S)(c1ccccc1)c1cc(CCCC)ccc1-3. The number of hydrogen-bond donors (Lipinski definition) is 0. The predicted octanol–water partition coefficient (Wildman–Crippen LogP) is 7.84. The molecule has 0 radical (unpaired) electrons. The minimum atomic E-state index is -2.23. The molecule has 5 aromatic carbocycles. The molecule has 2 heterocycles. The fourth-order valence-corrected chi connectivity index (χ4v) is 15.6. The Bertz CT molecular complexity index is 1770. The normalized spacial score (nSPS) is 19.7. The van der Waals surface area contributed by atoms with Gasteiger partial charge in [0.15, 0.2) is 0 Å². The van der Waals surface area contributed by atoms with Gasteiger partial charge in [-0.1, -0.05) is 135 Å². The summed E-state index contributed by atoms with van der Waals surface area (Å²) < 4.78 is 0. The molecule has 210 valence electrons. The minimum absolute atomic E-state index is 1.10. The lowest BCUT2D eigenvalue weighted by atomic mass is 9.98. The van der Waals surface area contributed by atoms with Gasteiger partial charge in [-0.05, 0) is 93.9 Å². The standard InChI is InChI=1S/C38H36P2S2/c1-3-5-13-27-19-21-31-33-25-38-34(26-37(33)39(41,35(31)23-27)29-15-9-7-10-16-29)32-22-20-28(14-6-4-2)24-36(32)40(38,42)30-17-11-8-12-18-30/h7-12,15-26H,3-6,13-14H2,1-2H3/t39-,40-/m1/s1. The summed E-state index contributed by atoms with van der Waals surface area (Å²) in [5.41, 5.74) is 8.05. The molecule has 0 spiro atoms. The molecular formula is C38H36P2S2. The third-order valence-corrected chi connectivity index (χ3v) is 18.9. The first kappa shape index (κ1) is 28.2. The number of unbranched alkanes of at least 4 members (excludes halogenated alkanes) is 2. The monoisotopic (exact) mass is 618 g/mol. The second-order valence-corrected chi connectivity index (χ2v) is 20.4. The van der Waals surface area contributed by atoms with Crippen LogP contribution in [0.15, 0.2) is 109 Å². The van der Waals surface area contributed by atoms with E-state index in [1.54, 1.807) is 0 Å². The van der Waals surface area contributed by atoms with Crippen molar-refractivity contribution in [2.75, 3.05) is 0 Å². The lowest BCUT2D eigenvalue weighted by molar-refractivity contribution is 0.795. The summed E-state index contributed by atoms with van der Waals surface area (Å²) in [6.45, 7) is 4.53. The first-order valence-corrected chi connectivity index (χ1v) is 20.9. The summed E-state index contributed by atoms with van der Waals surface area (Å²) in [5.74, 6) is 0. The third-order valence-electron chi connectivity index (χ3n) is 9.05. The lowest BCUT2D eigenvalue weighted by Crippen LogP contribution is -2.23. The van der Waals surface area contributed by atoms with Gasteiger partial charge in [-0.3, -0.25) is 0 Å². The second-order valence-electron chi connectivity index (χ2n) is 11.7. The summed E-state index contributed by atoms with van der Waals surface area (Å²) in [6.07, 6.45) is 6.99. The summed E-state index contributed by atoms with van der Waals surface area (Å²) in [6, 6.07) is 36.6. The third kappa shape index (κ3) is 4.30. The molecule has 0 saturated carbocycles. The molecule has 42 heavy (non-hydrogen) atoms. The van der Waals surface area contributed by atoms with Gasteiger partial charge in [0.2, 0.25) is 0 Å². The topological polar surface area (TPSA) is 0 Å². The molecule has 7 rings (SSSR count). The summed E-state index contributed by atoms with van der Waals surface area (Å²) >= 11 is 13.8.